The predicted octanol–water partition coefficient (Wildman–Crippen LogP) is 6.18. The Balaban J connectivity index is 1.04. The van der Waals surface area contributed by atoms with E-state index in [2.05, 4.69) is 0 Å². The van der Waals surface area contributed by atoms with Gasteiger partial charge in [-0.1, -0.05) is 6.92 Å². The summed E-state index contributed by atoms with van der Waals surface area (Å²) in [5, 5.41) is 43.5. The molecule has 1 N–H and O–H groups in total. The number of nitro benzene ring substituents is 3. The highest BCUT2D eigenvalue weighted by molar-refractivity contribution is 8.03. The highest BCUT2D eigenvalue weighted by Gasteiger charge is 2.60. The number of rotatable bonds is 16. The van der Waals surface area contributed by atoms with Crippen molar-refractivity contribution in [3.05, 3.63) is 130 Å². The van der Waals surface area contributed by atoms with Crippen molar-refractivity contribution in [2.75, 3.05) is 25.4 Å². The maximum absolute atomic E-state index is 13.9. The highest BCUT2D eigenvalue weighted by Crippen LogP contribution is 2.52. The number of ether oxygens (including phenoxy) is 3. The molecule has 3 saturated heterocycles. The van der Waals surface area contributed by atoms with Crippen LogP contribution in [-0.2, 0) is 43.6 Å². The second-order valence-corrected chi connectivity index (χ2v) is 18.6. The number of aliphatic hydroxyl groups excluding tert-OH is 1. The monoisotopic (exact) mass is 920 g/mol. The van der Waals surface area contributed by atoms with Crippen LogP contribution in [0, 0.1) is 42.2 Å². The van der Waals surface area contributed by atoms with Crippen LogP contribution >= 0.6 is 23.5 Å². The summed E-state index contributed by atoms with van der Waals surface area (Å²) >= 11 is 2.96. The molecule has 4 heterocycles. The summed E-state index contributed by atoms with van der Waals surface area (Å²) in [6.07, 6.45) is -0.970. The van der Waals surface area contributed by atoms with E-state index in [4.69, 9.17) is 14.2 Å². The molecule has 20 nitrogen and oxygen atoms in total. The van der Waals surface area contributed by atoms with Gasteiger partial charge in [0.05, 0.1) is 32.8 Å². The van der Waals surface area contributed by atoms with E-state index in [1.54, 1.807) is 21.6 Å². The normalized spacial score (nSPS) is 23.0. The molecule has 0 bridgehead atoms. The summed E-state index contributed by atoms with van der Waals surface area (Å²) in [6.45, 7) is 4.04. The zero-order chi connectivity index (χ0) is 45.8. The highest BCUT2D eigenvalue weighted by atomic mass is 32.2. The topological polar surface area (TPSA) is 255 Å². The van der Waals surface area contributed by atoms with Gasteiger partial charge in [0.25, 0.3) is 17.1 Å². The van der Waals surface area contributed by atoms with Crippen molar-refractivity contribution in [2.45, 2.75) is 75.2 Å². The molecule has 4 aliphatic rings. The van der Waals surface area contributed by atoms with E-state index in [1.165, 1.54) is 96.4 Å². The van der Waals surface area contributed by atoms with Gasteiger partial charge in [-0.2, -0.15) is 11.8 Å². The maximum Gasteiger partial charge on any atom is 0.410 e. The third kappa shape index (κ3) is 10.1. The van der Waals surface area contributed by atoms with E-state index >= 15 is 0 Å². The van der Waals surface area contributed by atoms with Crippen LogP contribution in [0.25, 0.3) is 0 Å². The molecule has 0 aromatic heterocycles. The van der Waals surface area contributed by atoms with Gasteiger partial charge in [0.2, 0.25) is 5.91 Å². The summed E-state index contributed by atoms with van der Waals surface area (Å²) in [5.41, 5.74) is 1.40. The number of nitro groups is 3. The minimum atomic E-state index is -0.977. The molecule has 7 rings (SSSR count). The standard InChI is InChI=1S/C42H44N6O14S2/c1-24-36-35(25(2)49)39(50)45(36)37(40(51)60-20-26-3-9-29(10-4-26)46(54)55)38(24)64-34-17-32(44(19-34)42(53)62-22-28-7-13-31(14-8-28)48(58)59)23-63-33-15-16-43(18-33)41(52)61-21-27-5-11-30(12-6-27)47(56)57/h3-14,24-25,32-36,49H,15-23H2,1-2H3/t24-,25-,32+,33+,34+,35-,36-/m1/s1. The van der Waals surface area contributed by atoms with Gasteiger partial charge >= 0.3 is 18.2 Å². The number of non-ortho nitro benzene ring substituents is 3. The number of fused-ring (bicyclic) bond motifs is 1. The lowest BCUT2D eigenvalue weighted by Gasteiger charge is -2.46. The summed E-state index contributed by atoms with van der Waals surface area (Å²) < 4.78 is 16.9. The number of thioether (sulfide) groups is 2. The summed E-state index contributed by atoms with van der Waals surface area (Å²) in [6, 6.07) is 16.1. The first-order chi connectivity index (χ1) is 30.6. The number of carbonyl (C=O) groups is 4. The second kappa shape index (κ2) is 19.6. The smallest absolute Gasteiger partial charge is 0.410 e. The number of likely N-dealkylation sites (tertiary alicyclic amines) is 2. The Kier molecular flexibility index (Phi) is 14.0. The molecular formula is C42H44N6O14S2. The van der Waals surface area contributed by atoms with Gasteiger partial charge in [0.15, 0.2) is 0 Å². The number of benzene rings is 3. The average Bonchev–Trinajstić information content (AvgIpc) is 3.98. The summed E-state index contributed by atoms with van der Waals surface area (Å²) in [7, 11) is 0. The zero-order valence-electron chi connectivity index (χ0n) is 34.6. The minimum absolute atomic E-state index is 0.0122. The number of hydrogen-bond donors (Lipinski definition) is 1. The van der Waals surface area contributed by atoms with E-state index in [1.807, 2.05) is 6.92 Å². The third-order valence-corrected chi connectivity index (χ3v) is 14.6. The lowest BCUT2D eigenvalue weighted by molar-refractivity contribution is -0.385. The Labute approximate surface area is 374 Å². The summed E-state index contributed by atoms with van der Waals surface area (Å²) in [4.78, 5) is 90.9. The molecule has 0 aliphatic carbocycles. The molecule has 7 atom stereocenters. The molecule has 3 fully saturated rings. The maximum atomic E-state index is 13.9. The van der Waals surface area contributed by atoms with E-state index in [0.717, 1.165) is 0 Å². The lowest BCUT2D eigenvalue weighted by atomic mass is 9.79. The van der Waals surface area contributed by atoms with E-state index in [-0.39, 0.29) is 71.6 Å². The van der Waals surface area contributed by atoms with Crippen molar-refractivity contribution in [3.8, 4) is 0 Å². The van der Waals surface area contributed by atoms with Crippen molar-refractivity contribution in [1.82, 2.24) is 14.7 Å². The Morgan fingerprint density at radius 2 is 1.27 bits per heavy atom. The molecule has 338 valence electrons. The minimum Gasteiger partial charge on any atom is -0.456 e. The van der Waals surface area contributed by atoms with Gasteiger partial charge in [0, 0.05) is 89.2 Å². The molecule has 3 aromatic carbocycles. The molecule has 0 radical (unpaired) electrons. The molecule has 64 heavy (non-hydrogen) atoms. The van der Waals surface area contributed by atoms with Crippen LogP contribution in [0.2, 0.25) is 0 Å². The molecular weight excluding hydrogens is 877 g/mol. The van der Waals surface area contributed by atoms with Crippen molar-refractivity contribution in [2.24, 2.45) is 11.8 Å². The Morgan fingerprint density at radius 3 is 1.77 bits per heavy atom. The Hall–Kier alpha value is -6.26. The third-order valence-electron chi connectivity index (χ3n) is 11.7. The van der Waals surface area contributed by atoms with Crippen LogP contribution in [-0.4, -0.2) is 113 Å². The van der Waals surface area contributed by atoms with Crippen LogP contribution in [0.4, 0.5) is 26.7 Å². The van der Waals surface area contributed by atoms with Crippen LogP contribution in [0.1, 0.15) is 43.4 Å². The van der Waals surface area contributed by atoms with E-state index < -0.39 is 56.9 Å². The zero-order valence-corrected chi connectivity index (χ0v) is 36.2. The Bertz CT molecular complexity index is 2330. The fraction of sp³-hybridized carbons (Fsp3) is 0.429. The molecule has 22 heteroatoms. The summed E-state index contributed by atoms with van der Waals surface area (Å²) in [5.74, 6) is -1.83. The number of β-lactam (4-membered cyclic amide) rings is 1. The molecule has 4 aliphatic heterocycles. The Morgan fingerprint density at radius 1 is 0.766 bits per heavy atom. The van der Waals surface area contributed by atoms with Gasteiger partial charge in [-0.15, -0.1) is 11.8 Å². The van der Waals surface area contributed by atoms with Crippen LogP contribution in [0.5, 0.6) is 0 Å². The number of carbonyl (C=O) groups excluding carboxylic acids is 4. The molecule has 3 aromatic rings. The quantitative estimate of drug-likeness (QED) is 0.0553. The van der Waals surface area contributed by atoms with Crippen LogP contribution < -0.4 is 0 Å². The number of amides is 3. The molecule has 0 spiro atoms. The van der Waals surface area contributed by atoms with Crippen LogP contribution in [0.15, 0.2) is 83.4 Å². The first-order valence-electron chi connectivity index (χ1n) is 20.3. The van der Waals surface area contributed by atoms with E-state index in [9.17, 15) is 54.6 Å². The van der Waals surface area contributed by atoms with Crippen LogP contribution in [0.3, 0.4) is 0 Å². The lowest BCUT2D eigenvalue weighted by Crippen LogP contribution is -2.63. The molecule has 0 saturated carbocycles. The number of nitrogens with zero attached hydrogens (tertiary/aromatic N) is 6. The second-order valence-electron chi connectivity index (χ2n) is 15.9. The van der Waals surface area contributed by atoms with Crippen molar-refractivity contribution < 1.29 is 53.3 Å². The van der Waals surface area contributed by atoms with E-state index in [0.29, 0.717) is 53.3 Å². The number of esters is 1. The van der Waals surface area contributed by atoms with Crippen molar-refractivity contribution in [1.29, 1.82) is 0 Å². The number of aliphatic hydroxyl groups is 1. The van der Waals surface area contributed by atoms with Gasteiger partial charge in [0.1, 0.15) is 25.5 Å². The molecule has 3 amide bonds. The fourth-order valence-corrected chi connectivity index (χ4v) is 11.2. The number of hydrogen-bond acceptors (Lipinski definition) is 16. The van der Waals surface area contributed by atoms with Crippen molar-refractivity contribution >= 4 is 64.6 Å². The largest absolute Gasteiger partial charge is 0.456 e. The van der Waals surface area contributed by atoms with Gasteiger partial charge in [-0.05, 0) is 72.9 Å². The van der Waals surface area contributed by atoms with Gasteiger partial charge in [-0.25, -0.2) is 14.4 Å². The fourth-order valence-electron chi connectivity index (χ4n) is 8.29. The SMILES string of the molecule is C[C@@H](O)[C@H]1C(=O)N2C(C(=O)OCc3ccc([N+](=O)[O-])cc3)=C(S[C@H]3C[C@@H](CS[C@H]4CCN(C(=O)OCc5ccc([N+](=O)[O-])cc5)C4)N(C(=O)OCc4ccc([N+](=O)[O-])cc4)C3)[C@H](C)[C@H]12. The predicted molar refractivity (Wildman–Crippen MR) is 230 cm³/mol. The average molecular weight is 921 g/mol. The van der Waals surface area contributed by atoms with Gasteiger partial charge < -0.3 is 34.0 Å². The first kappa shape index (κ1) is 45.8. The first-order valence-corrected chi connectivity index (χ1v) is 22.3. The van der Waals surface area contributed by atoms with Gasteiger partial charge in [-0.3, -0.25) is 35.1 Å². The van der Waals surface area contributed by atoms with Crippen molar-refractivity contribution in [3.63, 3.8) is 0 Å². The molecule has 0 unspecified atom stereocenters.